The number of hydrogen-bond donors (Lipinski definition) is 2. The minimum absolute atomic E-state index is 0.0942. The Hall–Kier alpha value is -3.09. The number of oxazole rings is 1. The van der Waals surface area contributed by atoms with Gasteiger partial charge in [-0.3, -0.25) is 0 Å². The molecule has 0 fully saturated rings. The number of rotatable bonds is 2. The van der Waals surface area contributed by atoms with Crippen molar-refractivity contribution in [2.24, 2.45) is 0 Å². The number of nitrogens with zero attached hydrogens (tertiary/aromatic N) is 3. The molecule has 3 rings (SSSR count). The minimum atomic E-state index is 0.0942. The quantitative estimate of drug-likeness (QED) is 0.700. The first-order chi connectivity index (χ1) is 11.0. The van der Waals surface area contributed by atoms with Crippen molar-refractivity contribution in [3.05, 3.63) is 48.4 Å². The summed E-state index contributed by atoms with van der Waals surface area (Å²) in [6.07, 6.45) is 2.80. The average Bonchev–Trinajstić information content (AvgIpc) is 3.00. The van der Waals surface area contributed by atoms with Gasteiger partial charge in [0.1, 0.15) is 11.6 Å². The molecule has 0 aliphatic carbocycles. The molecule has 0 aliphatic rings. The maximum atomic E-state index is 9.50. The Morgan fingerprint density at radius 1 is 1.22 bits per heavy atom. The van der Waals surface area contributed by atoms with Crippen molar-refractivity contribution in [3.8, 4) is 23.0 Å². The first-order valence-electron chi connectivity index (χ1n) is 6.84. The maximum absolute atomic E-state index is 9.50. The lowest BCUT2D eigenvalue weighted by molar-refractivity contribution is 0.395. The SMILES string of the molecule is COc1cc(C)nc(C)n1.Nc1cccc(O)c1-c1cnco1. The van der Waals surface area contributed by atoms with Crippen LogP contribution in [0.3, 0.4) is 0 Å². The second-order valence-electron chi connectivity index (χ2n) is 4.71. The number of phenolic OH excluding ortho intramolecular Hbond substituents is 1. The van der Waals surface area contributed by atoms with Crippen molar-refractivity contribution in [3.63, 3.8) is 0 Å². The molecule has 1 aromatic carbocycles. The highest BCUT2D eigenvalue weighted by Gasteiger charge is 2.10. The number of anilines is 1. The number of benzene rings is 1. The van der Waals surface area contributed by atoms with E-state index < -0.39 is 0 Å². The van der Waals surface area contributed by atoms with Gasteiger partial charge in [0.15, 0.2) is 12.2 Å². The zero-order valence-electron chi connectivity index (χ0n) is 13.1. The van der Waals surface area contributed by atoms with Crippen LogP contribution in [-0.2, 0) is 0 Å². The van der Waals surface area contributed by atoms with Crippen molar-refractivity contribution >= 4 is 5.69 Å². The third-order valence-corrected chi connectivity index (χ3v) is 2.91. The van der Waals surface area contributed by atoms with Gasteiger partial charge in [0, 0.05) is 17.4 Å². The van der Waals surface area contributed by atoms with Crippen molar-refractivity contribution in [2.45, 2.75) is 13.8 Å². The van der Waals surface area contributed by atoms with E-state index in [4.69, 9.17) is 14.9 Å². The van der Waals surface area contributed by atoms with Gasteiger partial charge in [-0.05, 0) is 26.0 Å². The number of hydrogen-bond acceptors (Lipinski definition) is 7. The molecule has 23 heavy (non-hydrogen) atoms. The molecule has 2 aromatic heterocycles. The fraction of sp³-hybridized carbons (Fsp3) is 0.188. The number of aryl methyl sites for hydroxylation is 2. The van der Waals surface area contributed by atoms with Gasteiger partial charge in [0.05, 0.1) is 18.9 Å². The third kappa shape index (κ3) is 4.19. The third-order valence-electron chi connectivity index (χ3n) is 2.91. The maximum Gasteiger partial charge on any atom is 0.216 e. The molecule has 0 radical (unpaired) electrons. The van der Waals surface area contributed by atoms with Crippen molar-refractivity contribution in [1.82, 2.24) is 15.0 Å². The van der Waals surface area contributed by atoms with Crippen LogP contribution in [0.1, 0.15) is 11.5 Å². The van der Waals surface area contributed by atoms with E-state index in [9.17, 15) is 5.11 Å². The van der Waals surface area contributed by atoms with E-state index in [-0.39, 0.29) is 5.75 Å². The highest BCUT2D eigenvalue weighted by molar-refractivity contribution is 5.77. The summed E-state index contributed by atoms with van der Waals surface area (Å²) in [4.78, 5) is 11.9. The van der Waals surface area contributed by atoms with Crippen LogP contribution in [0.15, 0.2) is 41.3 Å². The van der Waals surface area contributed by atoms with Crippen LogP contribution in [0.4, 0.5) is 5.69 Å². The second-order valence-corrected chi connectivity index (χ2v) is 4.71. The Labute approximate surface area is 133 Å². The molecular formula is C16H18N4O3. The molecule has 3 aromatic rings. The van der Waals surface area contributed by atoms with E-state index in [0.717, 1.165) is 11.5 Å². The van der Waals surface area contributed by atoms with Gasteiger partial charge in [-0.1, -0.05) is 6.07 Å². The van der Waals surface area contributed by atoms with E-state index >= 15 is 0 Å². The van der Waals surface area contributed by atoms with Gasteiger partial charge in [-0.2, -0.15) is 4.98 Å². The molecule has 3 N–H and O–H groups in total. The predicted octanol–water partition coefficient (Wildman–Crippen LogP) is 2.73. The molecule has 0 saturated carbocycles. The first kappa shape index (κ1) is 16.3. The van der Waals surface area contributed by atoms with E-state index in [0.29, 0.717) is 22.9 Å². The van der Waals surface area contributed by atoms with E-state index in [1.165, 1.54) is 12.6 Å². The van der Waals surface area contributed by atoms with Gasteiger partial charge in [-0.15, -0.1) is 0 Å². The van der Waals surface area contributed by atoms with E-state index in [1.54, 1.807) is 31.4 Å². The Balaban J connectivity index is 0.000000174. The zero-order chi connectivity index (χ0) is 16.8. The lowest BCUT2D eigenvalue weighted by Crippen LogP contribution is -1.94. The molecule has 0 amide bonds. The van der Waals surface area contributed by atoms with Crippen LogP contribution < -0.4 is 10.5 Å². The number of nitrogens with two attached hydrogens (primary N) is 1. The van der Waals surface area contributed by atoms with Crippen LogP contribution in [0.2, 0.25) is 0 Å². The number of aromatic nitrogens is 3. The summed E-state index contributed by atoms with van der Waals surface area (Å²) in [6.45, 7) is 3.76. The predicted molar refractivity (Wildman–Crippen MR) is 86.1 cm³/mol. The summed E-state index contributed by atoms with van der Waals surface area (Å²) < 4.78 is 9.95. The molecule has 120 valence electrons. The molecule has 0 saturated heterocycles. The first-order valence-corrected chi connectivity index (χ1v) is 6.84. The Kier molecular flexibility index (Phi) is 5.14. The lowest BCUT2D eigenvalue weighted by atomic mass is 10.1. The number of nitrogen functional groups attached to an aromatic ring is 1. The molecule has 7 heteroatoms. The summed E-state index contributed by atoms with van der Waals surface area (Å²) in [5.74, 6) is 1.94. The average molecular weight is 314 g/mol. The Morgan fingerprint density at radius 3 is 2.57 bits per heavy atom. The molecular weight excluding hydrogens is 296 g/mol. The van der Waals surface area contributed by atoms with Crippen molar-refractivity contribution < 1.29 is 14.3 Å². The van der Waals surface area contributed by atoms with Crippen LogP contribution in [0.25, 0.3) is 11.3 Å². The second kappa shape index (κ2) is 7.26. The molecule has 0 bridgehead atoms. The van der Waals surface area contributed by atoms with Crippen LogP contribution >= 0.6 is 0 Å². The van der Waals surface area contributed by atoms with E-state index in [1.807, 2.05) is 13.8 Å². The fourth-order valence-corrected chi connectivity index (χ4v) is 1.95. The van der Waals surface area contributed by atoms with E-state index in [2.05, 4.69) is 15.0 Å². The smallest absolute Gasteiger partial charge is 0.216 e. The fourth-order valence-electron chi connectivity index (χ4n) is 1.95. The van der Waals surface area contributed by atoms with Gasteiger partial charge in [0.2, 0.25) is 5.88 Å². The molecule has 2 heterocycles. The van der Waals surface area contributed by atoms with Crippen molar-refractivity contribution in [1.29, 1.82) is 0 Å². The van der Waals surface area contributed by atoms with Crippen LogP contribution in [0, 0.1) is 13.8 Å². The Morgan fingerprint density at radius 2 is 2.00 bits per heavy atom. The molecule has 7 nitrogen and oxygen atoms in total. The summed E-state index contributed by atoms with van der Waals surface area (Å²) in [6, 6.07) is 6.71. The number of methoxy groups -OCH3 is 1. The summed E-state index contributed by atoms with van der Waals surface area (Å²) in [5, 5.41) is 9.50. The molecule has 0 spiro atoms. The summed E-state index contributed by atoms with van der Waals surface area (Å²) >= 11 is 0. The summed E-state index contributed by atoms with van der Waals surface area (Å²) in [7, 11) is 1.60. The largest absolute Gasteiger partial charge is 0.507 e. The molecule has 0 aliphatic heterocycles. The van der Waals surface area contributed by atoms with Gasteiger partial charge < -0.3 is 20.0 Å². The highest BCUT2D eigenvalue weighted by Crippen LogP contribution is 2.33. The van der Waals surface area contributed by atoms with Gasteiger partial charge >= 0.3 is 0 Å². The normalized spacial score (nSPS) is 9.87. The monoisotopic (exact) mass is 314 g/mol. The van der Waals surface area contributed by atoms with Crippen LogP contribution in [-0.4, -0.2) is 27.2 Å². The minimum Gasteiger partial charge on any atom is -0.507 e. The number of aromatic hydroxyl groups is 1. The zero-order valence-corrected chi connectivity index (χ0v) is 13.1. The molecule has 0 atom stereocenters. The Bertz CT molecular complexity index is 733. The number of phenols is 1. The summed E-state index contributed by atoms with van der Waals surface area (Å²) in [5.41, 5.74) is 7.55. The topological polar surface area (TPSA) is 107 Å². The highest BCUT2D eigenvalue weighted by atomic mass is 16.5. The standard InChI is InChI=1S/C9H8N2O2.C7H10N2O/c10-6-2-1-3-7(12)9(6)8-4-11-5-13-8;1-5-4-7(10-3)9-6(2)8-5/h1-5,12H,10H2;4H,1-3H3. The molecule has 0 unspecified atom stereocenters. The number of ether oxygens (including phenoxy) is 1. The van der Waals surface area contributed by atoms with Gasteiger partial charge in [-0.25, -0.2) is 9.97 Å². The lowest BCUT2D eigenvalue weighted by Gasteiger charge is -2.03. The van der Waals surface area contributed by atoms with Crippen LogP contribution in [0.5, 0.6) is 11.6 Å². The van der Waals surface area contributed by atoms with Gasteiger partial charge in [0.25, 0.3) is 0 Å². The van der Waals surface area contributed by atoms with Crippen molar-refractivity contribution in [2.75, 3.05) is 12.8 Å².